The van der Waals surface area contributed by atoms with Crippen molar-refractivity contribution >= 4 is 18.0 Å². The number of esters is 1. The monoisotopic (exact) mass is 460 g/mol. The van der Waals surface area contributed by atoms with Crippen LogP contribution in [0.1, 0.15) is 43.3 Å². The van der Waals surface area contributed by atoms with Crippen LogP contribution in [0.3, 0.4) is 0 Å². The first kappa shape index (κ1) is 24.4. The predicted molar refractivity (Wildman–Crippen MR) is 119 cm³/mol. The zero-order chi connectivity index (χ0) is 24.7. The first-order valence-corrected chi connectivity index (χ1v) is 10.6. The maximum Gasteiger partial charge on any atom is 0.418 e. The zero-order valence-corrected chi connectivity index (χ0v) is 19.5. The summed E-state index contributed by atoms with van der Waals surface area (Å²) < 4.78 is 47.3. The Bertz CT molecular complexity index is 1170. The Morgan fingerprint density at radius 3 is 2.36 bits per heavy atom. The van der Waals surface area contributed by atoms with E-state index >= 15 is 0 Å². The molecule has 0 atom stereocenters. The van der Waals surface area contributed by atoms with Gasteiger partial charge in [0.15, 0.2) is 0 Å². The summed E-state index contributed by atoms with van der Waals surface area (Å²) in [4.78, 5) is 27.2. The number of amides is 1. The van der Waals surface area contributed by atoms with Gasteiger partial charge in [0.2, 0.25) is 0 Å². The number of ether oxygens (including phenoxy) is 1. The average molecular weight is 460 g/mol. The molecular weight excluding hydrogens is 433 g/mol. The molecule has 3 rings (SSSR count). The van der Waals surface area contributed by atoms with E-state index in [2.05, 4.69) is 0 Å². The molecule has 0 unspecified atom stereocenters. The minimum atomic E-state index is -4.52. The van der Waals surface area contributed by atoms with Crippen LogP contribution in [-0.4, -0.2) is 35.0 Å². The zero-order valence-electron chi connectivity index (χ0n) is 19.5. The SMILES string of the molecule is COC(=O)C1=C(C)N(CC(C)C)C(=O)/C1=C\c1cc(C)n(-c2ccccc2C(F)(F)F)c1C. The largest absolute Gasteiger partial charge is 0.465 e. The topological polar surface area (TPSA) is 51.5 Å². The van der Waals surface area contributed by atoms with Gasteiger partial charge in [-0.1, -0.05) is 26.0 Å². The summed E-state index contributed by atoms with van der Waals surface area (Å²) in [7, 11) is 1.25. The molecule has 1 aliphatic rings. The van der Waals surface area contributed by atoms with Crippen molar-refractivity contribution < 1.29 is 27.5 Å². The lowest BCUT2D eigenvalue weighted by Gasteiger charge is -2.19. The van der Waals surface area contributed by atoms with Crippen LogP contribution < -0.4 is 0 Å². The van der Waals surface area contributed by atoms with Gasteiger partial charge in [0.05, 0.1) is 29.5 Å². The maximum atomic E-state index is 13.6. The Hall–Kier alpha value is -3.29. The van der Waals surface area contributed by atoms with Gasteiger partial charge in [-0.05, 0) is 56.5 Å². The molecule has 1 amide bonds. The van der Waals surface area contributed by atoms with E-state index in [1.54, 1.807) is 43.9 Å². The number of carbonyl (C=O) groups excluding carboxylic acids is 2. The molecule has 0 saturated heterocycles. The average Bonchev–Trinajstić information content (AvgIpc) is 3.14. The lowest BCUT2D eigenvalue weighted by molar-refractivity contribution is -0.137. The van der Waals surface area contributed by atoms with E-state index in [9.17, 15) is 22.8 Å². The number of methoxy groups -OCH3 is 1. The summed E-state index contributed by atoms with van der Waals surface area (Å²) in [5.41, 5.74) is 1.74. The fourth-order valence-electron chi connectivity index (χ4n) is 4.18. The van der Waals surface area contributed by atoms with Gasteiger partial charge < -0.3 is 14.2 Å². The Morgan fingerprint density at radius 2 is 1.79 bits per heavy atom. The number of benzene rings is 1. The number of alkyl halides is 3. The highest BCUT2D eigenvalue weighted by atomic mass is 19.4. The number of allylic oxidation sites excluding steroid dienone is 1. The van der Waals surface area contributed by atoms with Crippen molar-refractivity contribution in [1.29, 1.82) is 0 Å². The Labute approximate surface area is 191 Å². The van der Waals surface area contributed by atoms with Crippen molar-refractivity contribution in [2.45, 2.75) is 40.8 Å². The van der Waals surface area contributed by atoms with Crippen LogP contribution in [-0.2, 0) is 20.5 Å². The molecule has 0 spiro atoms. The van der Waals surface area contributed by atoms with E-state index in [4.69, 9.17) is 4.74 Å². The second-order valence-electron chi connectivity index (χ2n) is 8.50. The van der Waals surface area contributed by atoms with Crippen LogP contribution in [0, 0.1) is 19.8 Å². The lowest BCUT2D eigenvalue weighted by Crippen LogP contribution is -2.28. The number of rotatable bonds is 5. The molecule has 2 heterocycles. The molecule has 8 heteroatoms. The fraction of sp³-hybridized carbons (Fsp3) is 0.360. The smallest absolute Gasteiger partial charge is 0.418 e. The normalized spacial score (nSPS) is 15.9. The van der Waals surface area contributed by atoms with E-state index in [0.29, 0.717) is 29.2 Å². The second-order valence-corrected chi connectivity index (χ2v) is 8.50. The molecule has 0 N–H and O–H groups in total. The van der Waals surface area contributed by atoms with Crippen LogP contribution in [0.15, 0.2) is 47.2 Å². The standard InChI is InChI=1S/C25H27F3N2O3/c1-14(2)13-29-17(5)22(24(32)33-6)19(23(29)31)12-18-11-15(3)30(16(18)4)21-10-8-7-9-20(21)25(26,27)28/h7-12,14H,13H2,1-6H3/b19-12-. The molecule has 5 nitrogen and oxygen atoms in total. The van der Waals surface area contributed by atoms with Crippen molar-refractivity contribution in [3.63, 3.8) is 0 Å². The number of nitrogens with zero attached hydrogens (tertiary/aromatic N) is 2. The highest BCUT2D eigenvalue weighted by Gasteiger charge is 2.38. The molecule has 0 fully saturated rings. The first-order chi connectivity index (χ1) is 15.4. The highest BCUT2D eigenvalue weighted by molar-refractivity contribution is 6.16. The van der Waals surface area contributed by atoms with E-state index in [1.165, 1.54) is 23.8 Å². The van der Waals surface area contributed by atoms with Gasteiger partial charge in [-0.3, -0.25) is 4.79 Å². The van der Waals surface area contributed by atoms with Crippen molar-refractivity contribution in [2.75, 3.05) is 13.7 Å². The minimum absolute atomic E-state index is 0.00347. The summed E-state index contributed by atoms with van der Waals surface area (Å²) in [6.45, 7) is 9.44. The molecule has 176 valence electrons. The van der Waals surface area contributed by atoms with E-state index in [1.807, 2.05) is 13.8 Å². The third-order valence-electron chi connectivity index (χ3n) is 5.67. The summed E-state index contributed by atoms with van der Waals surface area (Å²) >= 11 is 0. The summed E-state index contributed by atoms with van der Waals surface area (Å²) in [6.07, 6.45) is -2.96. The third kappa shape index (κ3) is 4.47. The van der Waals surface area contributed by atoms with Gasteiger partial charge >= 0.3 is 12.1 Å². The fourth-order valence-corrected chi connectivity index (χ4v) is 4.18. The molecule has 0 saturated carbocycles. The van der Waals surface area contributed by atoms with Crippen molar-refractivity contribution in [2.24, 2.45) is 5.92 Å². The summed E-state index contributed by atoms with van der Waals surface area (Å²) in [5.74, 6) is -0.789. The van der Waals surface area contributed by atoms with E-state index in [0.717, 1.165) is 6.07 Å². The molecule has 2 aromatic rings. The quantitative estimate of drug-likeness (QED) is 0.441. The van der Waals surface area contributed by atoms with Crippen LogP contribution in [0.4, 0.5) is 13.2 Å². The molecule has 1 aromatic carbocycles. The van der Waals surface area contributed by atoms with Crippen LogP contribution in [0.25, 0.3) is 11.8 Å². The van der Waals surface area contributed by atoms with Crippen LogP contribution >= 0.6 is 0 Å². The molecule has 0 radical (unpaired) electrons. The van der Waals surface area contributed by atoms with Crippen molar-refractivity contribution in [1.82, 2.24) is 9.47 Å². The van der Waals surface area contributed by atoms with E-state index < -0.39 is 17.7 Å². The van der Waals surface area contributed by atoms with Gasteiger partial charge in [0, 0.05) is 23.6 Å². The molecule has 33 heavy (non-hydrogen) atoms. The van der Waals surface area contributed by atoms with Gasteiger partial charge in [0.25, 0.3) is 5.91 Å². The second kappa shape index (κ2) is 8.92. The number of aryl methyl sites for hydroxylation is 1. The number of hydrogen-bond acceptors (Lipinski definition) is 3. The number of carbonyl (C=O) groups is 2. The van der Waals surface area contributed by atoms with Gasteiger partial charge in [-0.25, -0.2) is 4.79 Å². The molecule has 1 aliphatic heterocycles. The predicted octanol–water partition coefficient (Wildman–Crippen LogP) is 5.44. The molecule has 0 aliphatic carbocycles. The molecule has 1 aromatic heterocycles. The first-order valence-electron chi connectivity index (χ1n) is 10.6. The lowest BCUT2D eigenvalue weighted by atomic mass is 10.0. The molecule has 0 bridgehead atoms. The number of aromatic nitrogens is 1. The van der Waals surface area contributed by atoms with E-state index in [-0.39, 0.29) is 28.7 Å². The van der Waals surface area contributed by atoms with Crippen LogP contribution in [0.5, 0.6) is 0 Å². The van der Waals surface area contributed by atoms with Gasteiger partial charge in [0.1, 0.15) is 0 Å². The third-order valence-corrected chi connectivity index (χ3v) is 5.67. The highest BCUT2D eigenvalue weighted by Crippen LogP contribution is 2.37. The molecular formula is C25H27F3N2O3. The summed E-state index contributed by atoms with van der Waals surface area (Å²) in [6, 6.07) is 7.05. The Morgan fingerprint density at radius 1 is 1.15 bits per heavy atom. The maximum absolute atomic E-state index is 13.6. The van der Waals surface area contributed by atoms with Gasteiger partial charge in [-0.15, -0.1) is 0 Å². The number of para-hydroxylation sites is 1. The minimum Gasteiger partial charge on any atom is -0.465 e. The van der Waals surface area contributed by atoms with Crippen LogP contribution in [0.2, 0.25) is 0 Å². The van der Waals surface area contributed by atoms with Crippen molar-refractivity contribution in [3.05, 3.63) is 69.7 Å². The number of halogens is 3. The Balaban J connectivity index is 2.17. The van der Waals surface area contributed by atoms with Crippen molar-refractivity contribution in [3.8, 4) is 5.69 Å². The Kier molecular flexibility index (Phi) is 6.58. The van der Waals surface area contributed by atoms with Gasteiger partial charge in [-0.2, -0.15) is 13.2 Å². The number of hydrogen-bond donors (Lipinski definition) is 0. The summed E-state index contributed by atoms with van der Waals surface area (Å²) in [5, 5.41) is 0.